The van der Waals surface area contributed by atoms with Crippen LogP contribution in [0.5, 0.6) is 5.75 Å². The molecule has 10 nitrogen and oxygen atoms in total. The lowest BCUT2D eigenvalue weighted by Gasteiger charge is -2.32. The summed E-state index contributed by atoms with van der Waals surface area (Å²) in [4.78, 5) is 52.2. The van der Waals surface area contributed by atoms with Crippen molar-refractivity contribution in [1.29, 1.82) is 0 Å². The molecule has 0 saturated carbocycles. The van der Waals surface area contributed by atoms with Crippen molar-refractivity contribution in [1.82, 2.24) is 24.7 Å². The molecular weight excluding hydrogens is 517 g/mol. The van der Waals surface area contributed by atoms with Gasteiger partial charge in [0.05, 0.1) is 18.7 Å². The Balaban J connectivity index is 1.40. The summed E-state index contributed by atoms with van der Waals surface area (Å²) in [7, 11) is 0. The number of halogens is 1. The van der Waals surface area contributed by atoms with Gasteiger partial charge in [-0.1, -0.05) is 12.1 Å². The number of likely N-dealkylation sites (tertiary alicyclic amines) is 1. The highest BCUT2D eigenvalue weighted by Crippen LogP contribution is 2.25. The number of morpholine rings is 1. The highest BCUT2D eigenvalue weighted by molar-refractivity contribution is 6.02. The first kappa shape index (κ1) is 27.7. The number of benzene rings is 1. The third-order valence-corrected chi connectivity index (χ3v) is 7.53. The van der Waals surface area contributed by atoms with E-state index in [1.54, 1.807) is 29.3 Å². The number of nitrogens with one attached hydrogen (secondary N) is 1. The Morgan fingerprint density at radius 1 is 1.05 bits per heavy atom. The average Bonchev–Trinajstić information content (AvgIpc) is 2.97. The lowest BCUT2D eigenvalue weighted by Crippen LogP contribution is -2.48. The minimum Gasteiger partial charge on any atom is -0.505 e. The molecule has 0 atom stereocenters. The van der Waals surface area contributed by atoms with Crippen LogP contribution in [0.2, 0.25) is 0 Å². The van der Waals surface area contributed by atoms with Gasteiger partial charge >= 0.3 is 0 Å². The van der Waals surface area contributed by atoms with E-state index in [1.165, 1.54) is 17.0 Å². The van der Waals surface area contributed by atoms with Crippen LogP contribution in [0.4, 0.5) is 4.39 Å². The molecule has 5 rings (SSSR count). The Labute approximate surface area is 231 Å². The number of aromatic amines is 1. The van der Waals surface area contributed by atoms with Gasteiger partial charge in [0.1, 0.15) is 23.4 Å². The number of ether oxygens (including phenoxy) is 1. The van der Waals surface area contributed by atoms with Crippen LogP contribution in [-0.4, -0.2) is 101 Å². The number of amides is 2. The Morgan fingerprint density at radius 3 is 2.50 bits per heavy atom. The fraction of sp³-hybridized carbons (Fsp3) is 0.448. The summed E-state index contributed by atoms with van der Waals surface area (Å²) in [6.45, 7) is 4.49. The number of aromatic nitrogens is 2. The summed E-state index contributed by atoms with van der Waals surface area (Å²) in [6, 6.07) is 7.75. The summed E-state index contributed by atoms with van der Waals surface area (Å²) >= 11 is 0. The fourth-order valence-electron chi connectivity index (χ4n) is 5.24. The summed E-state index contributed by atoms with van der Waals surface area (Å²) < 4.78 is 18.7. The molecule has 2 saturated heterocycles. The number of carbonyl (C=O) groups is 2. The van der Waals surface area contributed by atoms with E-state index in [0.717, 1.165) is 30.4 Å². The first-order chi connectivity index (χ1) is 19.4. The van der Waals surface area contributed by atoms with Gasteiger partial charge in [-0.3, -0.25) is 24.3 Å². The molecule has 4 heterocycles. The normalized spacial score (nSPS) is 16.3. The van der Waals surface area contributed by atoms with Crippen molar-refractivity contribution in [2.75, 3.05) is 59.0 Å². The smallest absolute Gasteiger partial charge is 0.265 e. The number of carbonyl (C=O) groups excluding carboxylic acids is 2. The van der Waals surface area contributed by atoms with Gasteiger partial charge in [0.2, 0.25) is 5.91 Å². The Hall–Kier alpha value is -3.83. The van der Waals surface area contributed by atoms with Gasteiger partial charge in [0.15, 0.2) is 5.75 Å². The summed E-state index contributed by atoms with van der Waals surface area (Å²) in [5, 5.41) is 11.1. The number of rotatable bonds is 8. The highest BCUT2D eigenvalue weighted by Gasteiger charge is 2.29. The van der Waals surface area contributed by atoms with E-state index in [2.05, 4.69) is 14.9 Å². The first-order valence-corrected chi connectivity index (χ1v) is 13.7. The quantitative estimate of drug-likeness (QED) is 0.440. The molecule has 40 heavy (non-hydrogen) atoms. The molecular formula is C29H34FN5O5. The van der Waals surface area contributed by atoms with Crippen LogP contribution in [0, 0.1) is 5.82 Å². The van der Waals surface area contributed by atoms with E-state index < -0.39 is 22.8 Å². The SMILES string of the molecule is O=C(CN(CCN1CCOCC1)C(=O)c1c(O)c2ncc(Cc3ccc(F)cc3)cc2[nH]c1=O)N1CCCCC1. The number of nitrogens with zero attached hydrogens (tertiary/aromatic N) is 4. The van der Waals surface area contributed by atoms with Crippen LogP contribution in [0.25, 0.3) is 11.0 Å². The Kier molecular flexibility index (Phi) is 8.71. The summed E-state index contributed by atoms with van der Waals surface area (Å²) in [5.74, 6) is -1.73. The molecule has 2 aliphatic heterocycles. The molecule has 0 radical (unpaired) electrons. The predicted molar refractivity (Wildman–Crippen MR) is 147 cm³/mol. The third kappa shape index (κ3) is 6.48. The number of H-pyrrole nitrogens is 1. The molecule has 0 unspecified atom stereocenters. The van der Waals surface area contributed by atoms with E-state index in [0.29, 0.717) is 52.4 Å². The molecule has 11 heteroatoms. The van der Waals surface area contributed by atoms with Crippen LogP contribution in [0.3, 0.4) is 0 Å². The Bertz CT molecular complexity index is 1410. The van der Waals surface area contributed by atoms with Crippen molar-refractivity contribution in [3.8, 4) is 5.75 Å². The van der Waals surface area contributed by atoms with Crippen molar-refractivity contribution in [3.63, 3.8) is 0 Å². The molecule has 2 amide bonds. The van der Waals surface area contributed by atoms with E-state index >= 15 is 0 Å². The molecule has 0 bridgehead atoms. The number of hydrogen-bond acceptors (Lipinski definition) is 7. The van der Waals surface area contributed by atoms with Gasteiger partial charge in [-0.2, -0.15) is 0 Å². The van der Waals surface area contributed by atoms with Crippen LogP contribution < -0.4 is 5.56 Å². The molecule has 0 aliphatic carbocycles. The summed E-state index contributed by atoms with van der Waals surface area (Å²) in [6.07, 6.45) is 4.91. The zero-order chi connectivity index (χ0) is 28.1. The van der Waals surface area contributed by atoms with E-state index in [9.17, 15) is 23.9 Å². The molecule has 3 aromatic rings. The number of fused-ring (bicyclic) bond motifs is 1. The van der Waals surface area contributed by atoms with Crippen molar-refractivity contribution in [2.45, 2.75) is 25.7 Å². The molecule has 2 fully saturated rings. The zero-order valence-electron chi connectivity index (χ0n) is 22.4. The van der Waals surface area contributed by atoms with Crippen LogP contribution >= 0.6 is 0 Å². The maximum absolute atomic E-state index is 13.7. The lowest BCUT2D eigenvalue weighted by atomic mass is 10.1. The van der Waals surface area contributed by atoms with Gasteiger partial charge in [-0.25, -0.2) is 4.39 Å². The molecule has 0 spiro atoms. The first-order valence-electron chi connectivity index (χ1n) is 13.7. The molecule has 2 aromatic heterocycles. The molecule has 2 N–H and O–H groups in total. The van der Waals surface area contributed by atoms with E-state index in [-0.39, 0.29) is 35.8 Å². The minimum atomic E-state index is -0.752. The topological polar surface area (TPSA) is 119 Å². The van der Waals surface area contributed by atoms with Crippen molar-refractivity contribution < 1.29 is 23.8 Å². The van der Waals surface area contributed by atoms with Gasteiger partial charge in [0.25, 0.3) is 11.5 Å². The number of hydrogen-bond donors (Lipinski definition) is 2. The lowest BCUT2D eigenvalue weighted by molar-refractivity contribution is -0.132. The second kappa shape index (κ2) is 12.6. The van der Waals surface area contributed by atoms with E-state index in [1.807, 2.05) is 0 Å². The van der Waals surface area contributed by atoms with Crippen LogP contribution in [-0.2, 0) is 16.0 Å². The maximum atomic E-state index is 13.7. The van der Waals surface area contributed by atoms with Crippen molar-refractivity contribution in [2.24, 2.45) is 0 Å². The van der Waals surface area contributed by atoms with Crippen LogP contribution in [0.1, 0.15) is 40.7 Å². The van der Waals surface area contributed by atoms with Gasteiger partial charge < -0.3 is 24.6 Å². The van der Waals surface area contributed by atoms with Gasteiger partial charge in [0, 0.05) is 45.5 Å². The summed E-state index contributed by atoms with van der Waals surface area (Å²) in [5.41, 5.74) is 0.782. The highest BCUT2D eigenvalue weighted by atomic mass is 19.1. The number of piperidine rings is 1. The minimum absolute atomic E-state index is 0.0845. The predicted octanol–water partition coefficient (Wildman–Crippen LogP) is 2.15. The van der Waals surface area contributed by atoms with Gasteiger partial charge in [-0.05, 0) is 55.0 Å². The van der Waals surface area contributed by atoms with Gasteiger partial charge in [-0.15, -0.1) is 0 Å². The zero-order valence-corrected chi connectivity index (χ0v) is 22.4. The monoisotopic (exact) mass is 551 g/mol. The number of aromatic hydroxyl groups is 1. The van der Waals surface area contributed by atoms with Crippen molar-refractivity contribution in [3.05, 3.63) is 69.4 Å². The second-order valence-electron chi connectivity index (χ2n) is 10.3. The van der Waals surface area contributed by atoms with E-state index in [4.69, 9.17) is 4.74 Å². The molecule has 2 aliphatic rings. The van der Waals surface area contributed by atoms with Crippen molar-refractivity contribution >= 4 is 22.8 Å². The average molecular weight is 552 g/mol. The fourth-order valence-corrected chi connectivity index (χ4v) is 5.24. The largest absolute Gasteiger partial charge is 0.505 e. The molecule has 212 valence electrons. The number of pyridine rings is 2. The van der Waals surface area contributed by atoms with Crippen LogP contribution in [0.15, 0.2) is 41.3 Å². The maximum Gasteiger partial charge on any atom is 0.265 e. The third-order valence-electron chi connectivity index (χ3n) is 7.53. The molecule has 1 aromatic carbocycles. The Morgan fingerprint density at radius 2 is 1.77 bits per heavy atom. The second-order valence-corrected chi connectivity index (χ2v) is 10.3. The standard InChI is InChI=1S/C29H34FN5O5/c30-22-6-4-20(5-7-22)16-21-17-23-26(31-18-21)27(37)25(28(38)32-23)29(39)35(11-10-33-12-14-40-15-13-33)19-24(36)34-8-2-1-3-9-34/h4-7,17-18H,1-3,8-16,19H2,(H2,32,37,38).